The van der Waals surface area contributed by atoms with Gasteiger partial charge in [0.2, 0.25) is 0 Å². The summed E-state index contributed by atoms with van der Waals surface area (Å²) in [5, 5.41) is 5.54. The Morgan fingerprint density at radius 3 is 2.48 bits per heavy atom. The first-order chi connectivity index (χ1) is 11.5. The number of esters is 1. The van der Waals surface area contributed by atoms with Gasteiger partial charge >= 0.3 is 12.1 Å². The zero-order valence-corrected chi connectivity index (χ0v) is 15.7. The number of methoxy groups -OCH3 is 1. The Kier molecular flexibility index (Phi) is 7.63. The molecule has 0 aliphatic heterocycles. The number of hydrogen-bond donors (Lipinski definition) is 2. The number of benzene rings is 1. The minimum Gasteiger partial charge on any atom is -0.468 e. The summed E-state index contributed by atoms with van der Waals surface area (Å²) in [6, 6.07) is 2.82. The van der Waals surface area contributed by atoms with Gasteiger partial charge in [-0.25, -0.2) is 14.0 Å². The average Bonchev–Trinajstić information content (AvgIpc) is 2.48. The van der Waals surface area contributed by atoms with Crippen LogP contribution in [0.2, 0.25) is 5.02 Å². The SMILES string of the molecule is COC(=O)C(NC[C@@H](C)NC(=O)OC(C)(C)C)c1ccc(F)c(Cl)c1. The fraction of sp³-hybridized carbons (Fsp3) is 0.529. The number of amides is 1. The van der Waals surface area contributed by atoms with Crippen LogP contribution in [0.15, 0.2) is 18.2 Å². The average molecular weight is 375 g/mol. The summed E-state index contributed by atoms with van der Waals surface area (Å²) >= 11 is 5.77. The second kappa shape index (κ2) is 9.01. The van der Waals surface area contributed by atoms with Crippen molar-refractivity contribution >= 4 is 23.7 Å². The van der Waals surface area contributed by atoms with Crippen LogP contribution in [0.3, 0.4) is 0 Å². The first-order valence-corrected chi connectivity index (χ1v) is 8.17. The molecule has 0 aliphatic carbocycles. The normalized spacial score (nSPS) is 13.7. The first kappa shape index (κ1) is 21.2. The topological polar surface area (TPSA) is 76.7 Å². The third-order valence-corrected chi connectivity index (χ3v) is 3.39. The van der Waals surface area contributed by atoms with Crippen LogP contribution in [0.4, 0.5) is 9.18 Å². The van der Waals surface area contributed by atoms with Gasteiger partial charge < -0.3 is 14.8 Å². The van der Waals surface area contributed by atoms with Crippen molar-refractivity contribution in [3.05, 3.63) is 34.6 Å². The zero-order valence-electron chi connectivity index (χ0n) is 15.0. The van der Waals surface area contributed by atoms with Crippen LogP contribution in [0, 0.1) is 5.82 Å². The number of nitrogens with one attached hydrogen (secondary N) is 2. The van der Waals surface area contributed by atoms with Gasteiger partial charge in [0.15, 0.2) is 0 Å². The van der Waals surface area contributed by atoms with Crippen LogP contribution >= 0.6 is 11.6 Å². The molecule has 0 heterocycles. The Hall–Kier alpha value is -1.86. The molecule has 0 aromatic heterocycles. The molecule has 140 valence electrons. The maximum absolute atomic E-state index is 13.3. The van der Waals surface area contributed by atoms with Crippen molar-refractivity contribution in [1.82, 2.24) is 10.6 Å². The van der Waals surface area contributed by atoms with Crippen molar-refractivity contribution in [1.29, 1.82) is 0 Å². The molecule has 1 amide bonds. The van der Waals surface area contributed by atoms with Crippen LogP contribution < -0.4 is 10.6 Å². The van der Waals surface area contributed by atoms with E-state index in [0.717, 1.165) is 0 Å². The summed E-state index contributed by atoms with van der Waals surface area (Å²) in [6.45, 7) is 7.31. The van der Waals surface area contributed by atoms with Gasteiger partial charge in [-0.05, 0) is 45.4 Å². The number of rotatable bonds is 6. The molecule has 1 rings (SSSR count). The van der Waals surface area contributed by atoms with E-state index in [1.54, 1.807) is 27.7 Å². The number of carbonyl (C=O) groups is 2. The minimum atomic E-state index is -0.842. The summed E-state index contributed by atoms with van der Waals surface area (Å²) in [5.74, 6) is -1.12. The van der Waals surface area contributed by atoms with E-state index in [-0.39, 0.29) is 17.6 Å². The second-order valence-electron chi connectivity index (χ2n) is 6.59. The molecule has 0 radical (unpaired) electrons. The highest BCUT2D eigenvalue weighted by Gasteiger charge is 2.23. The number of halogens is 2. The van der Waals surface area contributed by atoms with Crippen molar-refractivity contribution in [2.75, 3.05) is 13.7 Å². The maximum atomic E-state index is 13.3. The minimum absolute atomic E-state index is 0.0897. The van der Waals surface area contributed by atoms with E-state index in [9.17, 15) is 14.0 Å². The number of alkyl carbamates (subject to hydrolysis) is 1. The Balaban J connectivity index is 2.72. The monoisotopic (exact) mass is 374 g/mol. The quantitative estimate of drug-likeness (QED) is 0.748. The predicted octanol–water partition coefficient (Wildman–Crippen LogP) is 3.20. The lowest BCUT2D eigenvalue weighted by atomic mass is 10.1. The number of carbonyl (C=O) groups excluding carboxylic acids is 2. The van der Waals surface area contributed by atoms with Crippen molar-refractivity contribution in [2.24, 2.45) is 0 Å². The molecule has 1 unspecified atom stereocenters. The molecular formula is C17H24ClFN2O4. The smallest absolute Gasteiger partial charge is 0.407 e. The zero-order chi connectivity index (χ0) is 19.2. The van der Waals surface area contributed by atoms with Gasteiger partial charge in [0.05, 0.1) is 12.1 Å². The number of hydrogen-bond acceptors (Lipinski definition) is 5. The van der Waals surface area contributed by atoms with E-state index in [4.69, 9.17) is 21.1 Å². The molecule has 8 heteroatoms. The molecule has 0 aliphatic rings. The lowest BCUT2D eigenvalue weighted by molar-refractivity contribution is -0.143. The molecule has 0 bridgehead atoms. The molecule has 0 spiro atoms. The van der Waals surface area contributed by atoms with Gasteiger partial charge in [-0.1, -0.05) is 17.7 Å². The van der Waals surface area contributed by atoms with E-state index in [2.05, 4.69) is 10.6 Å². The van der Waals surface area contributed by atoms with Crippen LogP contribution in [0.25, 0.3) is 0 Å². The largest absolute Gasteiger partial charge is 0.468 e. The molecule has 25 heavy (non-hydrogen) atoms. The highest BCUT2D eigenvalue weighted by atomic mass is 35.5. The van der Waals surface area contributed by atoms with Gasteiger partial charge in [0.25, 0.3) is 0 Å². The molecular weight excluding hydrogens is 351 g/mol. The molecule has 2 N–H and O–H groups in total. The lowest BCUT2D eigenvalue weighted by Gasteiger charge is -2.23. The Morgan fingerprint density at radius 2 is 1.96 bits per heavy atom. The molecule has 2 atom stereocenters. The summed E-state index contributed by atoms with van der Waals surface area (Å²) in [4.78, 5) is 23.7. The fourth-order valence-corrected chi connectivity index (χ4v) is 2.19. The van der Waals surface area contributed by atoms with Crippen LogP contribution in [0.1, 0.15) is 39.3 Å². The van der Waals surface area contributed by atoms with Crippen LogP contribution in [0.5, 0.6) is 0 Å². The van der Waals surface area contributed by atoms with E-state index in [1.165, 1.54) is 25.3 Å². The third-order valence-electron chi connectivity index (χ3n) is 3.11. The highest BCUT2D eigenvalue weighted by molar-refractivity contribution is 6.30. The summed E-state index contributed by atoms with van der Waals surface area (Å²) in [5.41, 5.74) is -0.140. The van der Waals surface area contributed by atoms with Crippen LogP contribution in [-0.4, -0.2) is 37.4 Å². The van der Waals surface area contributed by atoms with Crippen molar-refractivity contribution in [2.45, 2.75) is 45.4 Å². The lowest BCUT2D eigenvalue weighted by Crippen LogP contribution is -2.44. The van der Waals surface area contributed by atoms with Gasteiger partial charge in [0, 0.05) is 12.6 Å². The number of ether oxygens (including phenoxy) is 2. The van der Waals surface area contributed by atoms with E-state index in [0.29, 0.717) is 5.56 Å². The second-order valence-corrected chi connectivity index (χ2v) is 6.99. The summed E-state index contributed by atoms with van der Waals surface area (Å²) in [7, 11) is 1.25. The molecule has 0 saturated heterocycles. The molecule has 6 nitrogen and oxygen atoms in total. The third kappa shape index (κ3) is 7.27. The van der Waals surface area contributed by atoms with Gasteiger partial charge in [-0.2, -0.15) is 0 Å². The Labute approximate surface area is 152 Å². The van der Waals surface area contributed by atoms with E-state index >= 15 is 0 Å². The summed E-state index contributed by atoms with van der Waals surface area (Å²) < 4.78 is 23.2. The van der Waals surface area contributed by atoms with Crippen molar-refractivity contribution in [3.63, 3.8) is 0 Å². The molecule has 0 fully saturated rings. The summed E-state index contributed by atoms with van der Waals surface area (Å²) in [6.07, 6.45) is -0.554. The van der Waals surface area contributed by atoms with Gasteiger partial charge in [-0.15, -0.1) is 0 Å². The Bertz CT molecular complexity index is 619. The highest BCUT2D eigenvalue weighted by Crippen LogP contribution is 2.22. The Morgan fingerprint density at radius 1 is 1.32 bits per heavy atom. The molecule has 0 saturated carbocycles. The van der Waals surface area contributed by atoms with Crippen molar-refractivity contribution in [3.8, 4) is 0 Å². The van der Waals surface area contributed by atoms with E-state index in [1.807, 2.05) is 0 Å². The van der Waals surface area contributed by atoms with E-state index < -0.39 is 29.5 Å². The standard InChI is InChI=1S/C17H24ClFN2O4/c1-10(21-16(23)25-17(2,3)4)9-20-14(15(22)24-5)11-6-7-13(19)12(18)8-11/h6-8,10,14,20H,9H2,1-5H3,(H,21,23)/t10-,14?/m1/s1. The predicted molar refractivity (Wildman–Crippen MR) is 93.0 cm³/mol. The molecule has 1 aromatic carbocycles. The van der Waals surface area contributed by atoms with Gasteiger partial charge in [0.1, 0.15) is 17.5 Å². The van der Waals surface area contributed by atoms with Crippen molar-refractivity contribution < 1.29 is 23.5 Å². The first-order valence-electron chi connectivity index (χ1n) is 7.79. The van der Waals surface area contributed by atoms with Crippen LogP contribution in [-0.2, 0) is 14.3 Å². The van der Waals surface area contributed by atoms with Gasteiger partial charge in [-0.3, -0.25) is 5.32 Å². The maximum Gasteiger partial charge on any atom is 0.407 e. The fourth-order valence-electron chi connectivity index (χ4n) is 2.00. The molecule has 1 aromatic rings.